The minimum absolute atomic E-state index is 0.293. The molecule has 0 N–H and O–H groups in total. The van der Waals surface area contributed by atoms with E-state index in [2.05, 4.69) is 15.6 Å². The van der Waals surface area contributed by atoms with E-state index in [9.17, 15) is 4.79 Å². The topological polar surface area (TPSA) is 62.1 Å². The number of hydrogen-bond donors (Lipinski definition) is 0. The van der Waals surface area contributed by atoms with E-state index in [1.54, 1.807) is 13.2 Å². The summed E-state index contributed by atoms with van der Waals surface area (Å²) in [6, 6.07) is 25.2. The number of hydrogen-bond acceptors (Lipinski definition) is 5. The van der Waals surface area contributed by atoms with Crippen molar-refractivity contribution in [2.24, 2.45) is 4.99 Å². The Balaban J connectivity index is 1.35. The van der Waals surface area contributed by atoms with E-state index >= 15 is 0 Å². The van der Waals surface area contributed by atoms with Gasteiger partial charge in [0, 0.05) is 34.8 Å². The van der Waals surface area contributed by atoms with Gasteiger partial charge in [-0.1, -0.05) is 48.5 Å². The molecule has 1 aliphatic rings. The molecule has 0 fully saturated rings. The summed E-state index contributed by atoms with van der Waals surface area (Å²) in [7, 11) is 1.64. The number of cyclic esters (lactones) is 1. The zero-order valence-corrected chi connectivity index (χ0v) is 18.8. The van der Waals surface area contributed by atoms with Gasteiger partial charge < -0.3 is 18.8 Å². The first-order chi connectivity index (χ1) is 16.7. The number of benzene rings is 3. The molecule has 0 amide bonds. The average Bonchev–Trinajstić information content (AvgIpc) is 3.43. The molecule has 4 aromatic rings. The highest BCUT2D eigenvalue weighted by Crippen LogP contribution is 2.28. The zero-order valence-electron chi connectivity index (χ0n) is 18.8. The second kappa shape index (κ2) is 9.67. The molecule has 0 aliphatic carbocycles. The summed E-state index contributed by atoms with van der Waals surface area (Å²) in [4.78, 5) is 16.9. The minimum atomic E-state index is -0.444. The van der Waals surface area contributed by atoms with Crippen molar-refractivity contribution in [3.63, 3.8) is 0 Å². The molecule has 34 heavy (non-hydrogen) atoms. The third kappa shape index (κ3) is 4.43. The Bertz CT molecular complexity index is 1390. The van der Waals surface area contributed by atoms with Crippen molar-refractivity contribution in [1.29, 1.82) is 0 Å². The monoisotopic (exact) mass is 452 g/mol. The Morgan fingerprint density at radius 1 is 0.941 bits per heavy atom. The van der Waals surface area contributed by atoms with Crippen LogP contribution in [-0.2, 0) is 16.1 Å². The first-order valence-corrected chi connectivity index (χ1v) is 11.1. The van der Waals surface area contributed by atoms with Gasteiger partial charge in [-0.25, -0.2) is 9.79 Å². The molecule has 3 aromatic carbocycles. The van der Waals surface area contributed by atoms with Crippen molar-refractivity contribution < 1.29 is 19.0 Å². The fourth-order valence-corrected chi connectivity index (χ4v) is 3.99. The fraction of sp³-hybridized carbons (Fsp3) is 0.143. The van der Waals surface area contributed by atoms with Gasteiger partial charge in [0.25, 0.3) is 0 Å². The molecule has 0 unspecified atom stereocenters. The molecule has 0 atom stereocenters. The van der Waals surface area contributed by atoms with Crippen molar-refractivity contribution in [3.05, 3.63) is 102 Å². The van der Waals surface area contributed by atoms with Gasteiger partial charge in [0.1, 0.15) is 0 Å². The lowest BCUT2D eigenvalue weighted by Crippen LogP contribution is -2.05. The second-order valence-corrected chi connectivity index (χ2v) is 7.85. The third-order valence-corrected chi connectivity index (χ3v) is 5.62. The number of nitrogens with zero attached hydrogens (tertiary/aromatic N) is 2. The quantitative estimate of drug-likeness (QED) is 0.202. The van der Waals surface area contributed by atoms with Gasteiger partial charge in [0.2, 0.25) is 5.90 Å². The van der Waals surface area contributed by atoms with Gasteiger partial charge in [0.05, 0.1) is 13.7 Å². The first kappa shape index (κ1) is 21.5. The highest BCUT2D eigenvalue weighted by Gasteiger charge is 2.24. The Morgan fingerprint density at radius 3 is 2.50 bits per heavy atom. The SMILES string of the molecule is COc1ccccc1OCCCn1cc(/C=C2/N=C(c3ccccc3)OC2=O)c2ccccc21. The standard InChI is InChI=1S/C28H24N2O4/c1-32-25-14-7-8-15-26(25)33-17-9-16-30-19-21(22-12-5-6-13-24(22)30)18-23-28(31)34-27(29-23)20-10-3-2-4-11-20/h2-8,10-15,18-19H,9,16-17H2,1H3/b23-18+. The number of fused-ring (bicyclic) bond motifs is 1. The lowest BCUT2D eigenvalue weighted by atomic mass is 10.1. The molecule has 0 bridgehead atoms. The van der Waals surface area contributed by atoms with Crippen molar-refractivity contribution in [1.82, 2.24) is 4.57 Å². The van der Waals surface area contributed by atoms with Gasteiger partial charge in [0.15, 0.2) is 17.2 Å². The van der Waals surface area contributed by atoms with Crippen molar-refractivity contribution in [2.45, 2.75) is 13.0 Å². The van der Waals surface area contributed by atoms with Gasteiger partial charge >= 0.3 is 5.97 Å². The Labute approximate surface area is 197 Å². The Morgan fingerprint density at radius 2 is 1.68 bits per heavy atom. The summed E-state index contributed by atoms with van der Waals surface area (Å²) in [5, 5.41) is 1.05. The molecule has 6 nitrogen and oxygen atoms in total. The van der Waals surface area contributed by atoms with Crippen LogP contribution in [0.2, 0.25) is 0 Å². The average molecular weight is 453 g/mol. The maximum atomic E-state index is 12.5. The molecule has 0 radical (unpaired) electrons. The van der Waals surface area contributed by atoms with Gasteiger partial charge in [-0.15, -0.1) is 0 Å². The van der Waals surface area contributed by atoms with Crippen molar-refractivity contribution >= 4 is 28.8 Å². The first-order valence-electron chi connectivity index (χ1n) is 11.1. The number of carbonyl (C=O) groups is 1. The van der Waals surface area contributed by atoms with E-state index in [4.69, 9.17) is 14.2 Å². The van der Waals surface area contributed by atoms with Gasteiger partial charge in [-0.3, -0.25) is 0 Å². The van der Waals surface area contributed by atoms with Crippen LogP contribution >= 0.6 is 0 Å². The summed E-state index contributed by atoms with van der Waals surface area (Å²) in [6.45, 7) is 1.32. The molecule has 170 valence electrons. The number of para-hydroxylation sites is 3. The Hall–Kier alpha value is -4.32. The summed E-state index contributed by atoms with van der Waals surface area (Å²) < 4.78 is 18.8. The van der Waals surface area contributed by atoms with Gasteiger partial charge in [-0.05, 0) is 42.8 Å². The maximum Gasteiger partial charge on any atom is 0.363 e. The van der Waals surface area contributed by atoms with E-state index < -0.39 is 5.97 Å². The molecule has 6 heteroatoms. The number of ether oxygens (including phenoxy) is 3. The summed E-state index contributed by atoms with van der Waals surface area (Å²) >= 11 is 0. The van der Waals surface area contributed by atoms with Crippen molar-refractivity contribution in [3.8, 4) is 11.5 Å². The summed E-state index contributed by atoms with van der Waals surface area (Å²) in [5.41, 5.74) is 3.08. The Kier molecular flexibility index (Phi) is 6.12. The lowest BCUT2D eigenvalue weighted by Gasteiger charge is -2.10. The van der Waals surface area contributed by atoms with Crippen LogP contribution in [0.15, 0.2) is 95.7 Å². The predicted octanol–water partition coefficient (Wildman–Crippen LogP) is 5.46. The van der Waals surface area contributed by atoms with Gasteiger partial charge in [-0.2, -0.15) is 0 Å². The van der Waals surface area contributed by atoms with E-state index in [0.717, 1.165) is 46.5 Å². The van der Waals surface area contributed by atoms with Crippen molar-refractivity contribution in [2.75, 3.05) is 13.7 Å². The number of aryl methyl sites for hydroxylation is 1. The van der Waals surface area contributed by atoms with E-state index in [-0.39, 0.29) is 0 Å². The number of carbonyl (C=O) groups excluding carboxylic acids is 1. The highest BCUT2D eigenvalue weighted by atomic mass is 16.6. The van der Waals surface area contributed by atoms with Crippen LogP contribution in [0.25, 0.3) is 17.0 Å². The van der Waals surface area contributed by atoms with Crippen LogP contribution in [0.3, 0.4) is 0 Å². The zero-order chi connectivity index (χ0) is 23.3. The van der Waals surface area contributed by atoms with Crippen LogP contribution in [0, 0.1) is 0 Å². The molecule has 0 saturated heterocycles. The van der Waals surface area contributed by atoms with Crippen LogP contribution in [-0.4, -0.2) is 30.2 Å². The smallest absolute Gasteiger partial charge is 0.363 e. The normalized spacial score (nSPS) is 14.3. The second-order valence-electron chi connectivity index (χ2n) is 7.85. The maximum absolute atomic E-state index is 12.5. The van der Waals surface area contributed by atoms with Crippen LogP contribution < -0.4 is 9.47 Å². The molecule has 5 rings (SSSR count). The minimum Gasteiger partial charge on any atom is -0.493 e. The number of aliphatic imine (C=N–C) groups is 1. The number of aromatic nitrogens is 1. The van der Waals surface area contributed by atoms with Crippen LogP contribution in [0.4, 0.5) is 0 Å². The summed E-state index contributed by atoms with van der Waals surface area (Å²) in [5.74, 6) is 1.34. The van der Waals surface area contributed by atoms with Crippen LogP contribution in [0.1, 0.15) is 17.5 Å². The summed E-state index contributed by atoms with van der Waals surface area (Å²) in [6.07, 6.45) is 4.65. The third-order valence-electron chi connectivity index (χ3n) is 5.62. The number of rotatable bonds is 8. The molecule has 2 heterocycles. The number of methoxy groups -OCH3 is 1. The molecule has 1 aliphatic heterocycles. The lowest BCUT2D eigenvalue weighted by molar-refractivity contribution is -0.129. The van der Waals surface area contributed by atoms with E-state index in [0.29, 0.717) is 18.2 Å². The van der Waals surface area contributed by atoms with E-state index in [1.807, 2.05) is 79.0 Å². The molecular formula is C28H24N2O4. The molecule has 0 saturated carbocycles. The molecule has 1 aromatic heterocycles. The predicted molar refractivity (Wildman–Crippen MR) is 132 cm³/mol. The molecule has 0 spiro atoms. The highest BCUT2D eigenvalue weighted by molar-refractivity contribution is 6.13. The molecular weight excluding hydrogens is 428 g/mol. The van der Waals surface area contributed by atoms with Crippen LogP contribution in [0.5, 0.6) is 11.5 Å². The fourth-order valence-electron chi connectivity index (χ4n) is 3.99. The number of esters is 1. The largest absolute Gasteiger partial charge is 0.493 e. The van der Waals surface area contributed by atoms with E-state index in [1.165, 1.54) is 0 Å².